The number of aromatic nitrogens is 2. The summed E-state index contributed by atoms with van der Waals surface area (Å²) in [5.41, 5.74) is 0.796. The molecule has 1 N–H and O–H groups in total. The number of rotatable bonds is 3. The molecular weight excluding hydrogens is 168 g/mol. The molecule has 0 aromatic carbocycles. The van der Waals surface area contributed by atoms with Gasteiger partial charge in [0.15, 0.2) is 0 Å². The van der Waals surface area contributed by atoms with Gasteiger partial charge in [0, 0.05) is 17.8 Å². The molecule has 1 fully saturated rings. The summed E-state index contributed by atoms with van der Waals surface area (Å²) in [6.45, 7) is 0. The van der Waals surface area contributed by atoms with Crippen LogP contribution in [0, 0.1) is 0 Å². The first-order chi connectivity index (χ1) is 6.23. The van der Waals surface area contributed by atoms with E-state index in [1.165, 1.54) is 6.33 Å². The van der Waals surface area contributed by atoms with Crippen molar-refractivity contribution in [1.82, 2.24) is 9.97 Å². The molecule has 4 nitrogen and oxygen atoms in total. The van der Waals surface area contributed by atoms with Crippen molar-refractivity contribution in [2.75, 3.05) is 0 Å². The number of nitrogens with zero attached hydrogens (tertiary/aromatic N) is 2. The zero-order chi connectivity index (χ0) is 9.31. The molecule has 0 bridgehead atoms. The zero-order valence-electron chi connectivity index (χ0n) is 7.10. The Morgan fingerprint density at radius 2 is 2.08 bits per heavy atom. The molecule has 13 heavy (non-hydrogen) atoms. The van der Waals surface area contributed by atoms with Crippen LogP contribution in [0.15, 0.2) is 18.7 Å². The van der Waals surface area contributed by atoms with E-state index in [1.54, 1.807) is 12.4 Å². The van der Waals surface area contributed by atoms with E-state index in [-0.39, 0.29) is 11.8 Å². The predicted molar refractivity (Wildman–Crippen MR) is 45.2 cm³/mol. The van der Waals surface area contributed by atoms with Crippen molar-refractivity contribution >= 4 is 5.97 Å². The van der Waals surface area contributed by atoms with Crippen LogP contribution in [-0.4, -0.2) is 21.0 Å². The number of hydrogen-bond donors (Lipinski definition) is 1. The molecule has 1 heterocycles. The summed E-state index contributed by atoms with van der Waals surface area (Å²) < 4.78 is 0. The van der Waals surface area contributed by atoms with Crippen LogP contribution in [0.1, 0.15) is 24.8 Å². The number of hydrogen-bond acceptors (Lipinski definition) is 3. The summed E-state index contributed by atoms with van der Waals surface area (Å²) in [5, 5.41) is 8.71. The molecule has 1 saturated carbocycles. The first-order valence-electron chi connectivity index (χ1n) is 4.20. The molecular formula is C9H10N2O2. The highest BCUT2D eigenvalue weighted by Crippen LogP contribution is 2.50. The van der Waals surface area contributed by atoms with E-state index in [9.17, 15) is 4.79 Å². The second-order valence-electron chi connectivity index (χ2n) is 3.48. The molecule has 0 unspecified atom stereocenters. The first-order valence-corrected chi connectivity index (χ1v) is 4.20. The van der Waals surface area contributed by atoms with Crippen LogP contribution in [0.4, 0.5) is 0 Å². The highest BCUT2D eigenvalue weighted by Gasteiger charge is 2.46. The Morgan fingerprint density at radius 1 is 1.46 bits per heavy atom. The van der Waals surface area contributed by atoms with Gasteiger partial charge in [-0.25, -0.2) is 9.97 Å². The Labute approximate surface area is 75.6 Å². The van der Waals surface area contributed by atoms with E-state index in [4.69, 9.17) is 5.11 Å². The largest absolute Gasteiger partial charge is 0.481 e. The van der Waals surface area contributed by atoms with Gasteiger partial charge in [-0.1, -0.05) is 0 Å². The third kappa shape index (κ3) is 1.52. The van der Waals surface area contributed by atoms with E-state index < -0.39 is 5.97 Å². The van der Waals surface area contributed by atoms with Gasteiger partial charge in [-0.3, -0.25) is 4.79 Å². The summed E-state index contributed by atoms with van der Waals surface area (Å²) >= 11 is 0. The third-order valence-corrected chi connectivity index (χ3v) is 2.52. The normalized spacial score (nSPS) is 18.2. The Morgan fingerprint density at radius 3 is 2.54 bits per heavy atom. The molecule has 0 atom stereocenters. The lowest BCUT2D eigenvalue weighted by atomic mass is 9.95. The van der Waals surface area contributed by atoms with Crippen molar-refractivity contribution in [3.8, 4) is 0 Å². The summed E-state index contributed by atoms with van der Waals surface area (Å²) in [6.07, 6.45) is 6.95. The van der Waals surface area contributed by atoms with Gasteiger partial charge in [0.05, 0.1) is 6.42 Å². The third-order valence-electron chi connectivity index (χ3n) is 2.52. The minimum atomic E-state index is -0.749. The lowest BCUT2D eigenvalue weighted by molar-refractivity contribution is -0.137. The van der Waals surface area contributed by atoms with Crippen LogP contribution >= 0.6 is 0 Å². The Bertz CT molecular complexity index is 320. The number of carbonyl (C=O) groups is 1. The van der Waals surface area contributed by atoms with Crippen LogP contribution in [0.25, 0.3) is 0 Å². The van der Waals surface area contributed by atoms with Gasteiger partial charge in [0.2, 0.25) is 0 Å². The Balaban J connectivity index is 2.21. The van der Waals surface area contributed by atoms with Gasteiger partial charge < -0.3 is 5.11 Å². The lowest BCUT2D eigenvalue weighted by Crippen LogP contribution is -2.13. The van der Waals surface area contributed by atoms with Gasteiger partial charge >= 0.3 is 5.97 Å². The van der Waals surface area contributed by atoms with Gasteiger partial charge in [0.1, 0.15) is 6.33 Å². The Hall–Kier alpha value is -1.45. The van der Waals surface area contributed by atoms with Crippen LogP contribution in [0.3, 0.4) is 0 Å². The monoisotopic (exact) mass is 178 g/mol. The second-order valence-corrected chi connectivity index (χ2v) is 3.48. The number of carboxylic acids is 1. The lowest BCUT2D eigenvalue weighted by Gasteiger charge is -2.10. The second kappa shape index (κ2) is 2.80. The molecule has 0 saturated heterocycles. The van der Waals surface area contributed by atoms with Crippen molar-refractivity contribution in [1.29, 1.82) is 0 Å². The molecule has 1 aliphatic carbocycles. The van der Waals surface area contributed by atoms with Gasteiger partial charge in [0.25, 0.3) is 0 Å². The van der Waals surface area contributed by atoms with E-state index >= 15 is 0 Å². The minimum Gasteiger partial charge on any atom is -0.481 e. The fraction of sp³-hybridized carbons (Fsp3) is 0.444. The standard InChI is InChI=1S/C9H10N2O2/c12-8(13)3-9(1-2-9)7-4-10-6-11-5-7/h4-6H,1-3H2,(H,12,13). The van der Waals surface area contributed by atoms with Crippen molar-refractivity contribution < 1.29 is 9.90 Å². The maximum atomic E-state index is 10.6. The molecule has 0 radical (unpaired) electrons. The van der Waals surface area contributed by atoms with Gasteiger partial charge in [-0.15, -0.1) is 0 Å². The SMILES string of the molecule is O=C(O)CC1(c2cncnc2)CC1. The van der Waals surface area contributed by atoms with E-state index in [2.05, 4.69) is 9.97 Å². The summed E-state index contributed by atoms with van der Waals surface area (Å²) in [7, 11) is 0. The molecule has 1 aromatic rings. The van der Waals surface area contributed by atoms with Crippen LogP contribution in [0.5, 0.6) is 0 Å². The van der Waals surface area contributed by atoms with Crippen LogP contribution in [0.2, 0.25) is 0 Å². The van der Waals surface area contributed by atoms with E-state index in [0.717, 1.165) is 18.4 Å². The van der Waals surface area contributed by atoms with E-state index in [0.29, 0.717) is 0 Å². The number of aliphatic carboxylic acids is 1. The average Bonchev–Trinajstić information content (AvgIpc) is 2.86. The van der Waals surface area contributed by atoms with E-state index in [1.807, 2.05) is 0 Å². The topological polar surface area (TPSA) is 63.1 Å². The molecule has 4 heteroatoms. The van der Waals surface area contributed by atoms with Crippen LogP contribution < -0.4 is 0 Å². The summed E-state index contributed by atoms with van der Waals surface area (Å²) in [5.74, 6) is -0.749. The zero-order valence-corrected chi connectivity index (χ0v) is 7.10. The fourth-order valence-electron chi connectivity index (χ4n) is 1.58. The molecule has 0 aliphatic heterocycles. The van der Waals surface area contributed by atoms with Crippen molar-refractivity contribution in [2.45, 2.75) is 24.7 Å². The first kappa shape index (κ1) is 8.16. The van der Waals surface area contributed by atoms with Crippen LogP contribution in [-0.2, 0) is 10.2 Å². The quantitative estimate of drug-likeness (QED) is 0.749. The Kier molecular flexibility index (Phi) is 1.76. The highest BCUT2D eigenvalue weighted by molar-refractivity contribution is 5.70. The molecule has 2 rings (SSSR count). The molecule has 68 valence electrons. The maximum Gasteiger partial charge on any atom is 0.304 e. The highest BCUT2D eigenvalue weighted by atomic mass is 16.4. The predicted octanol–water partition coefficient (Wildman–Crippen LogP) is 0.983. The summed E-state index contributed by atoms with van der Waals surface area (Å²) in [4.78, 5) is 18.4. The molecule has 1 aromatic heterocycles. The maximum absolute atomic E-state index is 10.6. The molecule has 1 aliphatic rings. The van der Waals surface area contributed by atoms with Gasteiger partial charge in [-0.2, -0.15) is 0 Å². The minimum absolute atomic E-state index is 0.160. The number of carboxylic acid groups (broad SMARTS) is 1. The fourth-order valence-corrected chi connectivity index (χ4v) is 1.58. The molecule has 0 amide bonds. The van der Waals surface area contributed by atoms with Gasteiger partial charge in [-0.05, 0) is 18.4 Å². The smallest absolute Gasteiger partial charge is 0.304 e. The summed E-state index contributed by atoms with van der Waals surface area (Å²) in [6, 6.07) is 0. The average molecular weight is 178 g/mol. The van der Waals surface area contributed by atoms with Crippen molar-refractivity contribution in [3.63, 3.8) is 0 Å². The van der Waals surface area contributed by atoms with Crippen molar-refractivity contribution in [2.24, 2.45) is 0 Å². The van der Waals surface area contributed by atoms with Crippen molar-refractivity contribution in [3.05, 3.63) is 24.3 Å². The molecule has 0 spiro atoms.